The third-order valence-corrected chi connectivity index (χ3v) is 7.27. The van der Waals surface area contributed by atoms with E-state index in [-0.39, 0.29) is 45.9 Å². The van der Waals surface area contributed by atoms with Gasteiger partial charge in [0.25, 0.3) is 11.5 Å². The summed E-state index contributed by atoms with van der Waals surface area (Å²) in [7, 11) is 4.27. The number of hydrogen-bond acceptors (Lipinski definition) is 8. The van der Waals surface area contributed by atoms with Crippen LogP contribution >= 0.6 is 0 Å². The second-order valence-electron chi connectivity index (χ2n) is 10.4. The highest BCUT2D eigenvalue weighted by molar-refractivity contribution is 6.04. The summed E-state index contributed by atoms with van der Waals surface area (Å²) in [5.74, 6) is -2.97. The van der Waals surface area contributed by atoms with Crippen LogP contribution in [0.1, 0.15) is 21.6 Å². The maximum Gasteiger partial charge on any atom is 0.431 e. The fraction of sp³-hybridized carbons (Fsp3) is 0.206. The van der Waals surface area contributed by atoms with Gasteiger partial charge in [0.15, 0.2) is 34.6 Å². The van der Waals surface area contributed by atoms with Gasteiger partial charge in [0.05, 0.1) is 38.2 Å². The Balaban J connectivity index is 1.44. The Hall–Kier alpha value is -5.70. The summed E-state index contributed by atoms with van der Waals surface area (Å²) in [6, 6.07) is 11.5. The number of halogens is 5. The first-order valence-electron chi connectivity index (χ1n) is 14.4. The lowest BCUT2D eigenvalue weighted by molar-refractivity contribution is -0.142. The molecule has 1 amide bonds. The van der Waals surface area contributed by atoms with Gasteiger partial charge in [-0.1, -0.05) is 0 Å². The van der Waals surface area contributed by atoms with E-state index in [9.17, 15) is 27.2 Å². The second-order valence-corrected chi connectivity index (χ2v) is 10.4. The van der Waals surface area contributed by atoms with E-state index in [4.69, 9.17) is 23.7 Å². The van der Waals surface area contributed by atoms with Crippen molar-refractivity contribution in [1.29, 1.82) is 0 Å². The molecule has 0 saturated carbocycles. The Labute approximate surface area is 275 Å². The third kappa shape index (κ3) is 7.26. The van der Waals surface area contributed by atoms with Crippen molar-refractivity contribution in [1.82, 2.24) is 9.55 Å². The number of alkyl halides is 3. The highest BCUT2D eigenvalue weighted by Crippen LogP contribution is 2.39. The number of ether oxygens (including phenoxy) is 5. The van der Waals surface area contributed by atoms with Gasteiger partial charge in [-0.25, -0.2) is 8.78 Å². The summed E-state index contributed by atoms with van der Waals surface area (Å²) in [4.78, 5) is 30.6. The number of pyridine rings is 2. The summed E-state index contributed by atoms with van der Waals surface area (Å²) >= 11 is 0. The Bertz CT molecular complexity index is 2100. The molecule has 0 aliphatic rings. The maximum absolute atomic E-state index is 15.3. The standard InChI is InChI=1S/C34H28F5N3O7/c1-18-13-20(46-3)6-8-26(18)42-30(34(37,38)39)10-7-21(33(42)44)32(43)41-19-5-9-27(23(35)14-19)49-31-22-15-28(47-4)29(48-12-11-45-2)16-25(22)40-17-24(31)36/h5-10,13-17H,11-12H2,1-4H3,(H,41,43). The average molecular weight is 686 g/mol. The zero-order valence-electron chi connectivity index (χ0n) is 26.4. The number of rotatable bonds is 11. The lowest BCUT2D eigenvalue weighted by atomic mass is 10.1. The monoisotopic (exact) mass is 685 g/mol. The third-order valence-electron chi connectivity index (χ3n) is 7.27. The first kappa shape index (κ1) is 34.6. The highest BCUT2D eigenvalue weighted by Gasteiger charge is 2.36. The fourth-order valence-corrected chi connectivity index (χ4v) is 4.91. The number of anilines is 1. The van der Waals surface area contributed by atoms with E-state index < -0.39 is 46.3 Å². The number of carbonyl (C=O) groups excluding carboxylic acids is 1. The van der Waals surface area contributed by atoms with E-state index in [1.807, 2.05) is 0 Å². The van der Waals surface area contributed by atoms with Gasteiger partial charge >= 0.3 is 6.18 Å². The van der Waals surface area contributed by atoms with Crippen LogP contribution in [0.25, 0.3) is 16.6 Å². The summed E-state index contributed by atoms with van der Waals surface area (Å²) in [6.45, 7) is 1.99. The maximum atomic E-state index is 15.3. The first-order valence-corrected chi connectivity index (χ1v) is 14.4. The van der Waals surface area contributed by atoms with Crippen LogP contribution in [0.4, 0.5) is 27.6 Å². The number of carbonyl (C=O) groups is 1. The topological polar surface area (TPSA) is 110 Å². The molecule has 0 aliphatic carbocycles. The summed E-state index contributed by atoms with van der Waals surface area (Å²) < 4.78 is 99.2. The normalized spacial score (nSPS) is 11.4. The van der Waals surface area contributed by atoms with Crippen molar-refractivity contribution in [3.05, 3.63) is 106 Å². The van der Waals surface area contributed by atoms with Crippen LogP contribution in [0.3, 0.4) is 0 Å². The predicted molar refractivity (Wildman–Crippen MR) is 168 cm³/mol. The van der Waals surface area contributed by atoms with Gasteiger partial charge in [-0.2, -0.15) is 13.2 Å². The van der Waals surface area contributed by atoms with Crippen LogP contribution < -0.4 is 29.8 Å². The van der Waals surface area contributed by atoms with Gasteiger partial charge in [0, 0.05) is 30.3 Å². The fourth-order valence-electron chi connectivity index (χ4n) is 4.91. The Morgan fingerprint density at radius 3 is 2.31 bits per heavy atom. The second kappa shape index (κ2) is 14.2. The van der Waals surface area contributed by atoms with Crippen LogP contribution in [0.15, 0.2) is 71.7 Å². The number of aryl methyl sites for hydroxylation is 1. The van der Waals surface area contributed by atoms with E-state index in [0.29, 0.717) is 28.7 Å². The van der Waals surface area contributed by atoms with E-state index in [1.54, 1.807) is 0 Å². The van der Waals surface area contributed by atoms with E-state index in [1.165, 1.54) is 64.7 Å². The van der Waals surface area contributed by atoms with Crippen LogP contribution in [-0.4, -0.2) is 50.0 Å². The summed E-state index contributed by atoms with van der Waals surface area (Å²) in [6.07, 6.45) is -4.05. The van der Waals surface area contributed by atoms with E-state index in [2.05, 4.69) is 10.3 Å². The molecule has 2 aromatic heterocycles. The van der Waals surface area contributed by atoms with E-state index in [0.717, 1.165) is 24.4 Å². The first-order chi connectivity index (χ1) is 23.4. The molecule has 10 nitrogen and oxygen atoms in total. The molecule has 0 aliphatic heterocycles. The number of benzene rings is 3. The number of hydrogen-bond donors (Lipinski definition) is 1. The molecule has 0 unspecified atom stereocenters. The number of aromatic nitrogens is 2. The van der Waals surface area contributed by atoms with Crippen molar-refractivity contribution < 1.29 is 50.4 Å². The molecule has 1 N–H and O–H groups in total. The van der Waals surface area contributed by atoms with Crippen LogP contribution in [0, 0.1) is 18.6 Å². The molecule has 2 heterocycles. The molecule has 0 saturated heterocycles. The summed E-state index contributed by atoms with van der Waals surface area (Å²) in [5, 5.41) is 2.45. The molecule has 5 rings (SSSR count). The minimum absolute atomic E-state index is 0.122. The van der Waals surface area contributed by atoms with Crippen molar-refractivity contribution >= 4 is 22.5 Å². The molecule has 5 aromatic rings. The van der Waals surface area contributed by atoms with E-state index >= 15 is 4.39 Å². The molecule has 0 radical (unpaired) electrons. The zero-order chi connectivity index (χ0) is 35.5. The van der Waals surface area contributed by atoms with Crippen LogP contribution in [0.5, 0.6) is 28.7 Å². The summed E-state index contributed by atoms with van der Waals surface area (Å²) in [5.41, 5.74) is -2.98. The van der Waals surface area contributed by atoms with Crippen LogP contribution in [-0.2, 0) is 10.9 Å². The van der Waals surface area contributed by atoms with Crippen molar-refractivity contribution in [2.45, 2.75) is 13.1 Å². The average Bonchev–Trinajstić information content (AvgIpc) is 3.06. The number of nitrogens with one attached hydrogen (secondary N) is 1. The van der Waals surface area contributed by atoms with Gasteiger partial charge < -0.3 is 29.0 Å². The van der Waals surface area contributed by atoms with Crippen molar-refractivity contribution in [2.75, 3.05) is 39.9 Å². The number of nitrogens with zero attached hydrogens (tertiary/aromatic N) is 2. The molecule has 0 bridgehead atoms. The minimum atomic E-state index is -4.94. The molecular formula is C34H28F5N3O7. The van der Waals surface area contributed by atoms with Crippen molar-refractivity contribution in [3.63, 3.8) is 0 Å². The number of methoxy groups -OCH3 is 3. The highest BCUT2D eigenvalue weighted by atomic mass is 19.4. The van der Waals surface area contributed by atoms with Gasteiger partial charge in [-0.3, -0.25) is 19.1 Å². The molecule has 3 aromatic carbocycles. The van der Waals surface area contributed by atoms with Gasteiger partial charge in [0.2, 0.25) is 0 Å². The SMILES string of the molecule is COCCOc1cc2ncc(F)c(Oc3ccc(NC(=O)c4ccc(C(F)(F)F)n(-c5ccc(OC)cc5C)c4=O)cc3F)c2cc1OC. The lowest BCUT2D eigenvalue weighted by Gasteiger charge is -2.18. The molecule has 0 spiro atoms. The van der Waals surface area contributed by atoms with Crippen molar-refractivity contribution in [2.24, 2.45) is 0 Å². The molecule has 49 heavy (non-hydrogen) atoms. The molecule has 15 heteroatoms. The van der Waals surface area contributed by atoms with Gasteiger partial charge in [0.1, 0.15) is 23.6 Å². The van der Waals surface area contributed by atoms with Crippen LogP contribution in [0.2, 0.25) is 0 Å². The Morgan fingerprint density at radius 2 is 1.65 bits per heavy atom. The van der Waals surface area contributed by atoms with Gasteiger partial charge in [-0.05, 0) is 61.0 Å². The molecule has 0 fully saturated rings. The predicted octanol–water partition coefficient (Wildman–Crippen LogP) is 7.08. The zero-order valence-corrected chi connectivity index (χ0v) is 26.4. The molecule has 256 valence electrons. The Kier molecular flexibility index (Phi) is 10.0. The molecule has 0 atom stereocenters. The number of amides is 1. The lowest BCUT2D eigenvalue weighted by Crippen LogP contribution is -2.33. The largest absolute Gasteiger partial charge is 0.497 e. The van der Waals surface area contributed by atoms with Gasteiger partial charge in [-0.15, -0.1) is 0 Å². The smallest absolute Gasteiger partial charge is 0.431 e. The minimum Gasteiger partial charge on any atom is -0.497 e. The quantitative estimate of drug-likeness (QED) is 0.116. The Morgan fingerprint density at radius 1 is 0.878 bits per heavy atom. The van der Waals surface area contributed by atoms with Crippen molar-refractivity contribution in [3.8, 4) is 34.4 Å². The number of fused-ring (bicyclic) bond motifs is 1. The molecular weight excluding hydrogens is 657 g/mol.